The number of ether oxygens (including phenoxy) is 1. The van der Waals surface area contributed by atoms with Crippen LogP contribution in [-0.2, 0) is 4.74 Å². The van der Waals surface area contributed by atoms with Crippen LogP contribution in [-0.4, -0.2) is 56.4 Å². The van der Waals surface area contributed by atoms with Crippen LogP contribution in [0.25, 0.3) is 0 Å². The van der Waals surface area contributed by atoms with Crippen LogP contribution in [0.4, 0.5) is 4.79 Å². The van der Waals surface area contributed by atoms with Crippen molar-refractivity contribution in [2.75, 3.05) is 33.4 Å². The third-order valence-corrected chi connectivity index (χ3v) is 4.15. The number of likely N-dealkylation sites (tertiary alicyclic amines) is 1. The van der Waals surface area contributed by atoms with E-state index < -0.39 is 0 Å². The molecule has 1 aliphatic carbocycles. The van der Waals surface area contributed by atoms with E-state index in [1.807, 2.05) is 0 Å². The molecule has 5 nitrogen and oxygen atoms in total. The second-order valence-corrected chi connectivity index (χ2v) is 5.64. The minimum Gasteiger partial charge on any atom is -0.383 e. The van der Waals surface area contributed by atoms with Gasteiger partial charge in [-0.1, -0.05) is 12.2 Å². The molecule has 20 heavy (non-hydrogen) atoms. The summed E-state index contributed by atoms with van der Waals surface area (Å²) in [5.41, 5.74) is 0. The standard InChI is InChI=1S/C15H27N3O2/c1-20-11-10-18-9-5-8-14(18)12-16-15(19)17-13-6-3-2-4-7-13/h3,6,13-14H,2,4-5,7-12H2,1H3,(H2,16,17,19)/t13-,14+/m1/s1. The van der Waals surface area contributed by atoms with E-state index in [4.69, 9.17) is 4.74 Å². The largest absolute Gasteiger partial charge is 0.383 e. The highest BCUT2D eigenvalue weighted by Gasteiger charge is 2.24. The fourth-order valence-electron chi connectivity index (χ4n) is 2.99. The number of nitrogens with one attached hydrogen (secondary N) is 2. The van der Waals surface area contributed by atoms with Gasteiger partial charge in [0.2, 0.25) is 0 Å². The number of nitrogens with zero attached hydrogens (tertiary/aromatic N) is 1. The van der Waals surface area contributed by atoms with Gasteiger partial charge in [0.1, 0.15) is 0 Å². The molecule has 0 bridgehead atoms. The Bertz CT molecular complexity index is 333. The van der Waals surface area contributed by atoms with Gasteiger partial charge in [-0.25, -0.2) is 4.79 Å². The smallest absolute Gasteiger partial charge is 0.315 e. The summed E-state index contributed by atoms with van der Waals surface area (Å²) in [4.78, 5) is 14.3. The summed E-state index contributed by atoms with van der Waals surface area (Å²) in [6.45, 7) is 3.56. The van der Waals surface area contributed by atoms with Gasteiger partial charge in [0.25, 0.3) is 0 Å². The molecule has 0 spiro atoms. The normalized spacial score (nSPS) is 26.6. The molecule has 0 radical (unpaired) electrons. The van der Waals surface area contributed by atoms with Crippen molar-refractivity contribution >= 4 is 6.03 Å². The fourth-order valence-corrected chi connectivity index (χ4v) is 2.99. The molecule has 0 aromatic carbocycles. The summed E-state index contributed by atoms with van der Waals surface area (Å²) in [7, 11) is 1.73. The first-order valence-electron chi connectivity index (χ1n) is 7.73. The molecule has 5 heteroatoms. The third-order valence-electron chi connectivity index (χ3n) is 4.15. The Morgan fingerprint density at radius 3 is 3.05 bits per heavy atom. The SMILES string of the molecule is COCCN1CCC[C@H]1CNC(=O)N[C@@H]1C=CCCC1. The lowest BCUT2D eigenvalue weighted by Gasteiger charge is -2.25. The van der Waals surface area contributed by atoms with Crippen molar-refractivity contribution in [3.8, 4) is 0 Å². The Hall–Kier alpha value is -1.07. The van der Waals surface area contributed by atoms with Crippen molar-refractivity contribution < 1.29 is 9.53 Å². The van der Waals surface area contributed by atoms with Crippen LogP contribution in [0.2, 0.25) is 0 Å². The minimum atomic E-state index is -0.0415. The van der Waals surface area contributed by atoms with E-state index in [0.717, 1.165) is 51.9 Å². The van der Waals surface area contributed by atoms with Crippen LogP contribution < -0.4 is 10.6 Å². The predicted octanol–water partition coefficient (Wildman–Crippen LogP) is 1.51. The third kappa shape index (κ3) is 4.80. The van der Waals surface area contributed by atoms with E-state index in [1.165, 1.54) is 6.42 Å². The first-order chi connectivity index (χ1) is 9.79. The lowest BCUT2D eigenvalue weighted by atomic mass is 10.0. The molecule has 1 heterocycles. The van der Waals surface area contributed by atoms with Gasteiger partial charge in [-0.2, -0.15) is 0 Å². The molecular weight excluding hydrogens is 254 g/mol. The van der Waals surface area contributed by atoms with Crippen molar-refractivity contribution in [2.45, 2.75) is 44.2 Å². The zero-order chi connectivity index (χ0) is 14.2. The molecule has 0 aromatic rings. The number of allylic oxidation sites excluding steroid dienone is 1. The average Bonchev–Trinajstić information content (AvgIpc) is 2.91. The van der Waals surface area contributed by atoms with Gasteiger partial charge in [0.15, 0.2) is 0 Å². The van der Waals surface area contributed by atoms with Gasteiger partial charge in [-0.15, -0.1) is 0 Å². The molecule has 1 fully saturated rings. The molecule has 1 aliphatic heterocycles. The van der Waals surface area contributed by atoms with Gasteiger partial charge < -0.3 is 15.4 Å². The summed E-state index contributed by atoms with van der Waals surface area (Å²) < 4.78 is 5.13. The number of rotatable bonds is 6. The highest BCUT2D eigenvalue weighted by Crippen LogP contribution is 2.16. The quantitative estimate of drug-likeness (QED) is 0.726. The number of methoxy groups -OCH3 is 1. The molecule has 1 saturated heterocycles. The Morgan fingerprint density at radius 1 is 1.40 bits per heavy atom. The van der Waals surface area contributed by atoms with Crippen LogP contribution in [0.1, 0.15) is 32.1 Å². The van der Waals surface area contributed by atoms with Crippen molar-refractivity contribution in [1.29, 1.82) is 0 Å². The maximum atomic E-state index is 11.9. The van der Waals surface area contributed by atoms with E-state index in [0.29, 0.717) is 6.04 Å². The van der Waals surface area contributed by atoms with Gasteiger partial charge in [0.05, 0.1) is 6.61 Å². The lowest BCUT2D eigenvalue weighted by Crippen LogP contribution is -2.47. The van der Waals surface area contributed by atoms with Crippen molar-refractivity contribution in [3.05, 3.63) is 12.2 Å². The summed E-state index contributed by atoms with van der Waals surface area (Å²) in [5, 5.41) is 6.03. The van der Waals surface area contributed by atoms with Crippen molar-refractivity contribution in [1.82, 2.24) is 15.5 Å². The molecule has 2 amide bonds. The number of hydrogen-bond donors (Lipinski definition) is 2. The summed E-state index contributed by atoms with van der Waals surface area (Å²) in [6.07, 6.45) is 9.97. The molecule has 0 unspecified atom stereocenters. The maximum Gasteiger partial charge on any atom is 0.315 e. The van der Waals surface area contributed by atoms with Crippen LogP contribution in [0.3, 0.4) is 0 Å². The van der Waals surface area contributed by atoms with Crippen molar-refractivity contribution in [3.63, 3.8) is 0 Å². The Kier molecular flexibility index (Phi) is 6.33. The Labute approximate surface area is 121 Å². The monoisotopic (exact) mass is 281 g/mol. The van der Waals surface area contributed by atoms with E-state index in [9.17, 15) is 4.79 Å². The van der Waals surface area contributed by atoms with Gasteiger partial charge in [-0.3, -0.25) is 4.90 Å². The first kappa shape index (κ1) is 15.3. The Morgan fingerprint density at radius 2 is 2.30 bits per heavy atom. The molecule has 0 aromatic heterocycles. The van der Waals surface area contributed by atoms with Crippen LogP contribution in [0, 0.1) is 0 Å². The molecule has 114 valence electrons. The van der Waals surface area contributed by atoms with E-state index >= 15 is 0 Å². The van der Waals surface area contributed by atoms with E-state index in [1.54, 1.807) is 7.11 Å². The average molecular weight is 281 g/mol. The maximum absolute atomic E-state index is 11.9. The van der Waals surface area contributed by atoms with Gasteiger partial charge in [-0.05, 0) is 38.6 Å². The molecular formula is C15H27N3O2. The number of amides is 2. The van der Waals surface area contributed by atoms with Crippen LogP contribution in [0.5, 0.6) is 0 Å². The molecule has 2 aliphatic rings. The Balaban J connectivity index is 1.66. The molecule has 2 N–H and O–H groups in total. The minimum absolute atomic E-state index is 0.0415. The molecule has 2 atom stereocenters. The highest BCUT2D eigenvalue weighted by atomic mass is 16.5. The van der Waals surface area contributed by atoms with Crippen molar-refractivity contribution in [2.24, 2.45) is 0 Å². The van der Waals surface area contributed by atoms with E-state index in [-0.39, 0.29) is 12.1 Å². The number of hydrogen-bond acceptors (Lipinski definition) is 3. The summed E-state index contributed by atoms with van der Waals surface area (Å²) in [6, 6.07) is 0.620. The van der Waals surface area contributed by atoms with E-state index in [2.05, 4.69) is 27.7 Å². The van der Waals surface area contributed by atoms with Gasteiger partial charge in [0, 0.05) is 32.3 Å². The van der Waals surface area contributed by atoms with Crippen LogP contribution in [0.15, 0.2) is 12.2 Å². The second-order valence-electron chi connectivity index (χ2n) is 5.64. The van der Waals surface area contributed by atoms with Gasteiger partial charge >= 0.3 is 6.03 Å². The summed E-state index contributed by atoms with van der Waals surface area (Å²) >= 11 is 0. The summed E-state index contributed by atoms with van der Waals surface area (Å²) in [5.74, 6) is 0. The first-order valence-corrected chi connectivity index (χ1v) is 7.73. The zero-order valence-electron chi connectivity index (χ0n) is 12.4. The number of urea groups is 1. The number of carbonyl (C=O) groups is 1. The predicted molar refractivity (Wildman–Crippen MR) is 79.8 cm³/mol. The zero-order valence-corrected chi connectivity index (χ0v) is 12.4. The topological polar surface area (TPSA) is 53.6 Å². The van der Waals surface area contributed by atoms with Crippen LogP contribution >= 0.6 is 0 Å². The lowest BCUT2D eigenvalue weighted by molar-refractivity contribution is 0.140. The number of carbonyl (C=O) groups excluding carboxylic acids is 1. The highest BCUT2D eigenvalue weighted by molar-refractivity contribution is 5.74. The fraction of sp³-hybridized carbons (Fsp3) is 0.800. The molecule has 0 saturated carbocycles. The second kappa shape index (κ2) is 8.27. The molecule has 2 rings (SSSR count).